The lowest BCUT2D eigenvalue weighted by molar-refractivity contribution is -0.143. The smallest absolute Gasteiger partial charge is 0.261 e. The molecule has 5 nitrogen and oxygen atoms in total. The summed E-state index contributed by atoms with van der Waals surface area (Å²) in [5, 5.41) is 3.92. The number of ether oxygens (including phenoxy) is 1. The lowest BCUT2D eigenvalue weighted by atomic mass is 9.87. The van der Waals surface area contributed by atoms with Crippen LogP contribution in [0.25, 0.3) is 0 Å². The lowest BCUT2D eigenvalue weighted by Gasteiger charge is -2.32. The van der Waals surface area contributed by atoms with Gasteiger partial charge in [-0.05, 0) is 54.2 Å². The molecule has 2 unspecified atom stereocenters. The first-order valence-corrected chi connectivity index (χ1v) is 14.0. The van der Waals surface area contributed by atoms with Gasteiger partial charge in [-0.15, -0.1) is 0 Å². The Balaban J connectivity index is 1.93. The molecule has 39 heavy (non-hydrogen) atoms. The van der Waals surface area contributed by atoms with Crippen LogP contribution in [0.15, 0.2) is 72.8 Å². The topological polar surface area (TPSA) is 58.6 Å². The molecule has 0 fully saturated rings. The Labute approximate surface area is 242 Å². The minimum Gasteiger partial charge on any atom is -0.484 e. The normalized spacial score (nSPS) is 12.9. The zero-order valence-corrected chi connectivity index (χ0v) is 24.9. The Hall–Kier alpha value is -3.02. The number of carbonyl (C=O) groups excluding carboxylic acids is 2. The van der Waals surface area contributed by atoms with Crippen molar-refractivity contribution in [1.29, 1.82) is 0 Å². The van der Waals surface area contributed by atoms with Gasteiger partial charge in [-0.1, -0.05) is 99.4 Å². The Morgan fingerprint density at radius 1 is 0.923 bits per heavy atom. The number of amides is 2. The van der Waals surface area contributed by atoms with Crippen LogP contribution in [0, 0.1) is 0 Å². The van der Waals surface area contributed by atoms with Crippen LogP contribution in [-0.2, 0) is 28.0 Å². The SMILES string of the molecule is CCC(C)NC(=O)C(Cc1ccccc1)N(Cc1c(Cl)cccc1Cl)C(=O)COc1ccc(C(C)(C)C)cc1. The van der Waals surface area contributed by atoms with Gasteiger partial charge in [0.1, 0.15) is 11.8 Å². The van der Waals surface area contributed by atoms with E-state index in [0.29, 0.717) is 27.8 Å². The van der Waals surface area contributed by atoms with E-state index in [9.17, 15) is 9.59 Å². The van der Waals surface area contributed by atoms with Gasteiger partial charge in [0.05, 0.1) is 0 Å². The molecule has 2 atom stereocenters. The van der Waals surface area contributed by atoms with Crippen molar-refractivity contribution in [2.24, 2.45) is 0 Å². The fourth-order valence-corrected chi connectivity index (χ4v) is 4.64. The molecule has 1 N–H and O–H groups in total. The Morgan fingerprint density at radius 3 is 2.10 bits per heavy atom. The van der Waals surface area contributed by atoms with E-state index in [0.717, 1.165) is 12.0 Å². The predicted molar refractivity (Wildman–Crippen MR) is 159 cm³/mol. The van der Waals surface area contributed by atoms with Crippen LogP contribution in [0.2, 0.25) is 10.0 Å². The van der Waals surface area contributed by atoms with Crippen LogP contribution in [0.4, 0.5) is 0 Å². The van der Waals surface area contributed by atoms with Crippen LogP contribution in [0.3, 0.4) is 0 Å². The van der Waals surface area contributed by atoms with Crippen molar-refractivity contribution < 1.29 is 14.3 Å². The van der Waals surface area contributed by atoms with E-state index in [2.05, 4.69) is 26.1 Å². The highest BCUT2D eigenvalue weighted by atomic mass is 35.5. The maximum atomic E-state index is 13.8. The Kier molecular flexibility index (Phi) is 10.8. The van der Waals surface area contributed by atoms with Gasteiger partial charge in [0.2, 0.25) is 5.91 Å². The van der Waals surface area contributed by atoms with E-state index >= 15 is 0 Å². The molecule has 0 aromatic heterocycles. The molecule has 0 bridgehead atoms. The van der Waals surface area contributed by atoms with Gasteiger partial charge in [0.15, 0.2) is 6.61 Å². The number of nitrogens with zero attached hydrogens (tertiary/aromatic N) is 1. The zero-order chi connectivity index (χ0) is 28.6. The molecule has 0 heterocycles. The van der Waals surface area contributed by atoms with E-state index in [-0.39, 0.29) is 36.4 Å². The largest absolute Gasteiger partial charge is 0.484 e. The second-order valence-corrected chi connectivity index (χ2v) is 11.6. The second kappa shape index (κ2) is 13.9. The summed E-state index contributed by atoms with van der Waals surface area (Å²) in [5.74, 6) is 0.00104. The van der Waals surface area contributed by atoms with Crippen LogP contribution >= 0.6 is 23.2 Å². The zero-order valence-electron chi connectivity index (χ0n) is 23.3. The quantitative estimate of drug-likeness (QED) is 0.265. The predicted octanol–water partition coefficient (Wildman–Crippen LogP) is 7.22. The molecule has 3 aromatic carbocycles. The molecule has 0 aliphatic carbocycles. The number of rotatable bonds is 11. The fourth-order valence-electron chi connectivity index (χ4n) is 4.13. The van der Waals surface area contributed by atoms with Crippen molar-refractivity contribution in [1.82, 2.24) is 10.2 Å². The monoisotopic (exact) mass is 568 g/mol. The molecule has 3 aromatic rings. The van der Waals surface area contributed by atoms with Crippen LogP contribution in [0.5, 0.6) is 5.75 Å². The second-order valence-electron chi connectivity index (χ2n) is 10.8. The van der Waals surface area contributed by atoms with Crippen molar-refractivity contribution >= 4 is 35.0 Å². The molecule has 7 heteroatoms. The van der Waals surface area contributed by atoms with Gasteiger partial charge < -0.3 is 15.0 Å². The summed E-state index contributed by atoms with van der Waals surface area (Å²) >= 11 is 13.0. The molecule has 0 spiro atoms. The summed E-state index contributed by atoms with van der Waals surface area (Å²) in [6.45, 7) is 10.2. The molecule has 0 aliphatic rings. The van der Waals surface area contributed by atoms with Crippen molar-refractivity contribution in [3.63, 3.8) is 0 Å². The maximum absolute atomic E-state index is 13.8. The fraction of sp³-hybridized carbons (Fsp3) is 0.375. The number of hydrogen-bond acceptors (Lipinski definition) is 3. The van der Waals surface area contributed by atoms with Gasteiger partial charge in [-0.25, -0.2) is 0 Å². The summed E-state index contributed by atoms with van der Waals surface area (Å²) in [5.41, 5.74) is 2.69. The highest BCUT2D eigenvalue weighted by molar-refractivity contribution is 6.36. The van der Waals surface area contributed by atoms with Crippen molar-refractivity contribution in [2.45, 2.75) is 71.5 Å². The molecule has 2 amide bonds. The minimum absolute atomic E-state index is 0.00696. The first-order valence-electron chi connectivity index (χ1n) is 13.3. The number of carbonyl (C=O) groups is 2. The van der Waals surface area contributed by atoms with Crippen molar-refractivity contribution in [3.05, 3.63) is 99.5 Å². The Bertz CT molecular complexity index is 1220. The third-order valence-electron chi connectivity index (χ3n) is 6.74. The third-order valence-corrected chi connectivity index (χ3v) is 7.45. The van der Waals surface area contributed by atoms with Crippen LogP contribution < -0.4 is 10.1 Å². The molecular weight excluding hydrogens is 531 g/mol. The summed E-state index contributed by atoms with van der Waals surface area (Å²) in [6, 6.07) is 21.7. The highest BCUT2D eigenvalue weighted by Gasteiger charge is 2.32. The van der Waals surface area contributed by atoms with Crippen molar-refractivity contribution in [3.8, 4) is 5.75 Å². The van der Waals surface area contributed by atoms with Crippen molar-refractivity contribution in [2.75, 3.05) is 6.61 Å². The maximum Gasteiger partial charge on any atom is 0.261 e. The van der Waals surface area contributed by atoms with E-state index in [1.165, 1.54) is 10.5 Å². The summed E-state index contributed by atoms with van der Waals surface area (Å²) in [4.78, 5) is 28.9. The van der Waals surface area contributed by atoms with Gasteiger partial charge in [0.25, 0.3) is 5.91 Å². The van der Waals surface area contributed by atoms with Crippen LogP contribution in [0.1, 0.15) is 57.7 Å². The van der Waals surface area contributed by atoms with Gasteiger partial charge in [-0.2, -0.15) is 0 Å². The van der Waals surface area contributed by atoms with Gasteiger partial charge >= 0.3 is 0 Å². The third kappa shape index (κ3) is 8.74. The average Bonchev–Trinajstić information content (AvgIpc) is 2.90. The first kappa shape index (κ1) is 30.5. The van der Waals surface area contributed by atoms with Gasteiger partial charge in [-0.3, -0.25) is 9.59 Å². The van der Waals surface area contributed by atoms with E-state index in [4.69, 9.17) is 27.9 Å². The number of hydrogen-bond donors (Lipinski definition) is 1. The number of nitrogens with one attached hydrogen (secondary N) is 1. The van der Waals surface area contributed by atoms with E-state index in [1.54, 1.807) is 18.2 Å². The summed E-state index contributed by atoms with van der Waals surface area (Å²) in [7, 11) is 0. The van der Waals surface area contributed by atoms with E-state index in [1.807, 2.05) is 68.4 Å². The highest BCUT2D eigenvalue weighted by Crippen LogP contribution is 2.28. The number of benzene rings is 3. The summed E-state index contributed by atoms with van der Waals surface area (Å²) in [6.07, 6.45) is 1.10. The molecule has 0 radical (unpaired) electrons. The summed E-state index contributed by atoms with van der Waals surface area (Å²) < 4.78 is 5.91. The first-order chi connectivity index (χ1) is 18.5. The van der Waals surface area contributed by atoms with E-state index < -0.39 is 6.04 Å². The number of halogens is 2. The standard InChI is InChI=1S/C32H38Cl2N2O3/c1-6-22(2)35-31(38)29(19-23-11-8-7-9-12-23)36(20-26-27(33)13-10-14-28(26)34)30(37)21-39-25-17-15-24(16-18-25)32(3,4)5/h7-18,22,29H,6,19-21H2,1-5H3,(H,35,38). The lowest BCUT2D eigenvalue weighted by Crippen LogP contribution is -2.53. The molecule has 0 saturated carbocycles. The molecule has 208 valence electrons. The average molecular weight is 570 g/mol. The Morgan fingerprint density at radius 2 is 1.54 bits per heavy atom. The van der Waals surface area contributed by atoms with Crippen LogP contribution in [-0.4, -0.2) is 35.4 Å². The van der Waals surface area contributed by atoms with Gasteiger partial charge in [0, 0.05) is 34.6 Å². The molecule has 0 saturated heterocycles. The molecular formula is C32H38Cl2N2O3. The molecule has 3 rings (SSSR count). The minimum atomic E-state index is -0.798. The molecule has 0 aliphatic heterocycles.